The van der Waals surface area contributed by atoms with Crippen molar-refractivity contribution in [2.24, 2.45) is 0 Å². The molecule has 7 nitrogen and oxygen atoms in total. The van der Waals surface area contributed by atoms with Gasteiger partial charge in [-0.1, -0.05) is 19.8 Å². The van der Waals surface area contributed by atoms with E-state index in [9.17, 15) is 14.4 Å². The fraction of sp³-hybridized carbons (Fsp3) is 0.429. The second-order valence-electron chi connectivity index (χ2n) is 4.62. The van der Waals surface area contributed by atoms with E-state index in [0.717, 1.165) is 6.42 Å². The molecule has 7 heteroatoms. The summed E-state index contributed by atoms with van der Waals surface area (Å²) in [6.07, 6.45) is 3.32. The lowest BCUT2D eigenvalue weighted by Gasteiger charge is -2.14. The van der Waals surface area contributed by atoms with Crippen molar-refractivity contribution in [1.29, 1.82) is 0 Å². The maximum atomic E-state index is 12.0. The van der Waals surface area contributed by atoms with Gasteiger partial charge in [0.15, 0.2) is 0 Å². The highest BCUT2D eigenvalue weighted by Crippen LogP contribution is 2.08. The van der Waals surface area contributed by atoms with Crippen LogP contribution in [0.1, 0.15) is 43.5 Å². The predicted octanol–water partition coefficient (Wildman–Crippen LogP) is 1.41. The summed E-state index contributed by atoms with van der Waals surface area (Å²) in [5.74, 6) is -1.62. The Morgan fingerprint density at radius 3 is 2.67 bits per heavy atom. The van der Waals surface area contributed by atoms with Crippen molar-refractivity contribution in [1.82, 2.24) is 10.3 Å². The molecule has 0 fully saturated rings. The number of nitrogens with one attached hydrogen (secondary N) is 2. The monoisotopic (exact) mass is 293 g/mol. The Bertz CT molecular complexity index is 531. The van der Waals surface area contributed by atoms with Crippen molar-refractivity contribution < 1.29 is 19.5 Å². The molecular formula is C14H19N3O4. The molecule has 3 N–H and O–H groups in total. The lowest BCUT2D eigenvalue weighted by Crippen LogP contribution is -2.40. The first-order valence-electron chi connectivity index (χ1n) is 6.71. The zero-order valence-corrected chi connectivity index (χ0v) is 12.0. The standard InChI is InChI=1S/C14H19N3O4/c1-3-4-5-11(14(20)21)17-13(19)10-6-7-15-12(8-10)16-9(2)18/h6-8,11H,3-5H2,1-2H3,(H,17,19)(H,20,21)(H,15,16,18). The summed E-state index contributed by atoms with van der Waals surface area (Å²) in [6, 6.07) is 1.93. The van der Waals surface area contributed by atoms with Gasteiger partial charge in [0.25, 0.3) is 5.91 Å². The van der Waals surface area contributed by atoms with Crippen LogP contribution in [-0.4, -0.2) is 33.9 Å². The van der Waals surface area contributed by atoms with Crippen molar-refractivity contribution in [2.75, 3.05) is 5.32 Å². The number of carboxylic acid groups (broad SMARTS) is 1. The SMILES string of the molecule is CCCCC(NC(=O)c1ccnc(NC(C)=O)c1)C(=O)O. The summed E-state index contributed by atoms with van der Waals surface area (Å²) in [7, 11) is 0. The molecule has 1 aromatic heterocycles. The third kappa shape index (κ3) is 5.60. The number of aromatic nitrogens is 1. The normalized spacial score (nSPS) is 11.5. The molecule has 21 heavy (non-hydrogen) atoms. The van der Waals surface area contributed by atoms with Crippen LogP contribution in [0, 0.1) is 0 Å². The molecule has 0 bridgehead atoms. The van der Waals surface area contributed by atoms with E-state index in [1.54, 1.807) is 0 Å². The molecule has 1 rings (SSSR count). The van der Waals surface area contributed by atoms with Gasteiger partial charge in [0.2, 0.25) is 5.91 Å². The topological polar surface area (TPSA) is 108 Å². The van der Waals surface area contributed by atoms with Crippen LogP contribution in [-0.2, 0) is 9.59 Å². The van der Waals surface area contributed by atoms with E-state index in [-0.39, 0.29) is 17.3 Å². The molecule has 2 amide bonds. The molecule has 114 valence electrons. The van der Waals surface area contributed by atoms with Gasteiger partial charge in [0.05, 0.1) is 0 Å². The molecule has 1 aromatic rings. The summed E-state index contributed by atoms with van der Waals surface area (Å²) < 4.78 is 0. The van der Waals surface area contributed by atoms with E-state index in [1.807, 2.05) is 6.92 Å². The Morgan fingerprint density at radius 2 is 2.10 bits per heavy atom. The van der Waals surface area contributed by atoms with Crippen LogP contribution >= 0.6 is 0 Å². The Balaban J connectivity index is 2.77. The summed E-state index contributed by atoms with van der Waals surface area (Å²) >= 11 is 0. The number of hydrogen-bond donors (Lipinski definition) is 3. The number of unbranched alkanes of at least 4 members (excludes halogenated alkanes) is 1. The van der Waals surface area contributed by atoms with Crippen LogP contribution < -0.4 is 10.6 Å². The van der Waals surface area contributed by atoms with Crippen LogP contribution in [0.25, 0.3) is 0 Å². The highest BCUT2D eigenvalue weighted by molar-refractivity contribution is 5.98. The number of hydrogen-bond acceptors (Lipinski definition) is 4. The maximum Gasteiger partial charge on any atom is 0.326 e. The number of pyridine rings is 1. The predicted molar refractivity (Wildman–Crippen MR) is 77.0 cm³/mol. The molecule has 0 aliphatic carbocycles. The van der Waals surface area contributed by atoms with Crippen molar-refractivity contribution in [3.8, 4) is 0 Å². The van der Waals surface area contributed by atoms with Gasteiger partial charge < -0.3 is 15.7 Å². The molecule has 1 unspecified atom stereocenters. The number of carbonyl (C=O) groups excluding carboxylic acids is 2. The number of amides is 2. The van der Waals surface area contributed by atoms with E-state index in [4.69, 9.17) is 5.11 Å². The fourth-order valence-corrected chi connectivity index (χ4v) is 1.73. The van der Waals surface area contributed by atoms with Crippen LogP contribution in [0.15, 0.2) is 18.3 Å². The van der Waals surface area contributed by atoms with Crippen LogP contribution in [0.3, 0.4) is 0 Å². The molecule has 0 aromatic carbocycles. The van der Waals surface area contributed by atoms with Crippen molar-refractivity contribution in [3.63, 3.8) is 0 Å². The third-order valence-corrected chi connectivity index (χ3v) is 2.78. The van der Waals surface area contributed by atoms with Gasteiger partial charge in [-0.25, -0.2) is 9.78 Å². The van der Waals surface area contributed by atoms with Gasteiger partial charge in [-0.2, -0.15) is 0 Å². The first-order chi connectivity index (χ1) is 9.93. The Hall–Kier alpha value is -2.44. The van der Waals surface area contributed by atoms with E-state index >= 15 is 0 Å². The molecule has 0 saturated carbocycles. The van der Waals surface area contributed by atoms with Gasteiger partial charge in [0.1, 0.15) is 11.9 Å². The average molecular weight is 293 g/mol. The van der Waals surface area contributed by atoms with Crippen molar-refractivity contribution in [2.45, 2.75) is 39.2 Å². The first kappa shape index (κ1) is 16.6. The number of carbonyl (C=O) groups is 3. The van der Waals surface area contributed by atoms with Gasteiger partial charge in [-0.15, -0.1) is 0 Å². The summed E-state index contributed by atoms with van der Waals surface area (Å²) in [6.45, 7) is 3.28. The summed E-state index contributed by atoms with van der Waals surface area (Å²) in [5, 5.41) is 14.0. The van der Waals surface area contributed by atoms with Crippen LogP contribution in [0.4, 0.5) is 5.82 Å². The summed E-state index contributed by atoms with van der Waals surface area (Å²) in [4.78, 5) is 38.0. The van der Waals surface area contributed by atoms with E-state index in [2.05, 4.69) is 15.6 Å². The summed E-state index contributed by atoms with van der Waals surface area (Å²) in [5.41, 5.74) is 0.247. The highest BCUT2D eigenvalue weighted by atomic mass is 16.4. The molecular weight excluding hydrogens is 274 g/mol. The Labute approximate surface area is 122 Å². The molecule has 0 aliphatic heterocycles. The third-order valence-electron chi connectivity index (χ3n) is 2.78. The molecule has 0 aliphatic rings. The lowest BCUT2D eigenvalue weighted by atomic mass is 10.1. The van der Waals surface area contributed by atoms with E-state index in [1.165, 1.54) is 25.3 Å². The minimum Gasteiger partial charge on any atom is -0.480 e. The van der Waals surface area contributed by atoms with E-state index in [0.29, 0.717) is 12.8 Å². The van der Waals surface area contributed by atoms with Crippen LogP contribution in [0.2, 0.25) is 0 Å². The van der Waals surface area contributed by atoms with Gasteiger partial charge in [0, 0.05) is 18.7 Å². The van der Waals surface area contributed by atoms with Crippen molar-refractivity contribution in [3.05, 3.63) is 23.9 Å². The fourth-order valence-electron chi connectivity index (χ4n) is 1.73. The quantitative estimate of drug-likeness (QED) is 0.704. The van der Waals surface area contributed by atoms with Gasteiger partial charge >= 0.3 is 5.97 Å². The largest absolute Gasteiger partial charge is 0.480 e. The highest BCUT2D eigenvalue weighted by Gasteiger charge is 2.20. The smallest absolute Gasteiger partial charge is 0.326 e. The second kappa shape index (κ2) is 7.98. The molecule has 1 heterocycles. The Kier molecular flexibility index (Phi) is 6.32. The first-order valence-corrected chi connectivity index (χ1v) is 6.71. The van der Waals surface area contributed by atoms with Crippen molar-refractivity contribution >= 4 is 23.6 Å². The molecule has 1 atom stereocenters. The number of carboxylic acids is 1. The number of aliphatic carboxylic acids is 1. The minimum absolute atomic E-state index is 0.246. The van der Waals surface area contributed by atoms with Gasteiger partial charge in [-0.05, 0) is 18.6 Å². The maximum absolute atomic E-state index is 12.0. The molecule has 0 radical (unpaired) electrons. The zero-order chi connectivity index (χ0) is 15.8. The second-order valence-corrected chi connectivity index (χ2v) is 4.62. The molecule has 0 spiro atoms. The zero-order valence-electron chi connectivity index (χ0n) is 12.0. The van der Waals surface area contributed by atoms with Crippen LogP contribution in [0.5, 0.6) is 0 Å². The molecule has 0 saturated heterocycles. The Morgan fingerprint density at radius 1 is 1.38 bits per heavy atom. The van der Waals surface area contributed by atoms with E-state index < -0.39 is 17.9 Å². The lowest BCUT2D eigenvalue weighted by molar-refractivity contribution is -0.139. The van der Waals surface area contributed by atoms with Gasteiger partial charge in [-0.3, -0.25) is 9.59 Å². The number of anilines is 1. The number of nitrogens with zero attached hydrogens (tertiary/aromatic N) is 1. The average Bonchev–Trinajstić information content (AvgIpc) is 2.42. The number of rotatable bonds is 7. The minimum atomic E-state index is -1.06.